The van der Waals surface area contributed by atoms with Gasteiger partial charge in [-0.3, -0.25) is 4.79 Å². The van der Waals surface area contributed by atoms with Crippen molar-refractivity contribution in [3.05, 3.63) is 0 Å². The van der Waals surface area contributed by atoms with Crippen molar-refractivity contribution in [3.8, 4) is 0 Å². The van der Waals surface area contributed by atoms with Crippen LogP contribution in [0.1, 0.15) is 46.5 Å². The van der Waals surface area contributed by atoms with Crippen molar-refractivity contribution in [1.29, 1.82) is 0 Å². The van der Waals surface area contributed by atoms with Gasteiger partial charge in [0, 0.05) is 6.54 Å². The molecule has 1 heterocycles. The molecule has 2 atom stereocenters. The summed E-state index contributed by atoms with van der Waals surface area (Å²) in [6.45, 7) is 7.48. The second-order valence-corrected chi connectivity index (χ2v) is 5.91. The Morgan fingerprint density at radius 1 is 1.42 bits per heavy atom. The van der Waals surface area contributed by atoms with Crippen molar-refractivity contribution < 1.29 is 14.7 Å². The van der Waals surface area contributed by atoms with Crippen LogP contribution >= 0.6 is 0 Å². The van der Waals surface area contributed by atoms with Crippen LogP contribution in [-0.2, 0) is 9.59 Å². The number of piperidine rings is 1. The van der Waals surface area contributed by atoms with Crippen LogP contribution in [0, 0.1) is 11.3 Å². The average Bonchev–Trinajstić information content (AvgIpc) is 2.38. The number of carbonyl (C=O) groups is 2. The monoisotopic (exact) mass is 270 g/mol. The molecule has 0 aliphatic carbocycles. The lowest BCUT2D eigenvalue weighted by atomic mass is 9.77. The maximum Gasteiger partial charge on any atom is 0.326 e. The zero-order valence-electron chi connectivity index (χ0n) is 12.2. The van der Waals surface area contributed by atoms with Crippen LogP contribution < -0.4 is 10.6 Å². The van der Waals surface area contributed by atoms with E-state index in [1.807, 2.05) is 20.8 Å². The van der Waals surface area contributed by atoms with E-state index >= 15 is 0 Å². The van der Waals surface area contributed by atoms with Gasteiger partial charge in [-0.1, -0.05) is 20.8 Å². The molecule has 0 saturated carbocycles. The third-order valence-electron chi connectivity index (χ3n) is 3.94. The Morgan fingerprint density at radius 2 is 2.11 bits per heavy atom. The summed E-state index contributed by atoms with van der Waals surface area (Å²) < 4.78 is 0. The highest BCUT2D eigenvalue weighted by molar-refractivity contribution is 5.87. The molecule has 0 spiro atoms. The van der Waals surface area contributed by atoms with Crippen LogP contribution in [0.3, 0.4) is 0 Å². The van der Waals surface area contributed by atoms with Crippen molar-refractivity contribution >= 4 is 11.9 Å². The molecular weight excluding hydrogens is 244 g/mol. The van der Waals surface area contributed by atoms with Gasteiger partial charge in [-0.2, -0.15) is 0 Å². The largest absolute Gasteiger partial charge is 0.480 e. The van der Waals surface area contributed by atoms with Gasteiger partial charge in [0.15, 0.2) is 0 Å². The number of amides is 1. The molecule has 19 heavy (non-hydrogen) atoms. The second kappa shape index (κ2) is 6.89. The summed E-state index contributed by atoms with van der Waals surface area (Å²) in [5, 5.41) is 15.2. The Labute approximate surface area is 115 Å². The first-order chi connectivity index (χ1) is 8.91. The third-order valence-corrected chi connectivity index (χ3v) is 3.94. The number of carbonyl (C=O) groups excluding carboxylic acids is 1. The van der Waals surface area contributed by atoms with E-state index in [1.165, 1.54) is 0 Å². The van der Waals surface area contributed by atoms with E-state index in [0.29, 0.717) is 13.0 Å². The van der Waals surface area contributed by atoms with E-state index in [9.17, 15) is 14.7 Å². The molecule has 0 bridgehead atoms. The van der Waals surface area contributed by atoms with Gasteiger partial charge in [0.05, 0.1) is 5.41 Å². The number of hydrogen-bond donors (Lipinski definition) is 3. The van der Waals surface area contributed by atoms with E-state index in [2.05, 4.69) is 10.6 Å². The van der Waals surface area contributed by atoms with Crippen molar-refractivity contribution in [1.82, 2.24) is 10.6 Å². The first-order valence-corrected chi connectivity index (χ1v) is 7.16. The van der Waals surface area contributed by atoms with Gasteiger partial charge in [-0.15, -0.1) is 0 Å². The van der Waals surface area contributed by atoms with Gasteiger partial charge in [0.2, 0.25) is 5.91 Å². The quantitative estimate of drug-likeness (QED) is 0.681. The maximum atomic E-state index is 12.4. The minimum Gasteiger partial charge on any atom is -0.480 e. The molecule has 0 aromatic carbocycles. The number of carboxylic acid groups (broad SMARTS) is 1. The summed E-state index contributed by atoms with van der Waals surface area (Å²) in [4.78, 5) is 23.6. The van der Waals surface area contributed by atoms with Gasteiger partial charge in [-0.05, 0) is 38.1 Å². The van der Waals surface area contributed by atoms with Crippen molar-refractivity contribution in [3.63, 3.8) is 0 Å². The Balaban J connectivity index is 2.71. The minimum atomic E-state index is -0.947. The molecule has 1 saturated heterocycles. The average molecular weight is 270 g/mol. The van der Waals surface area contributed by atoms with Crippen LogP contribution in [0.15, 0.2) is 0 Å². The SMILES string of the molecule is CCC1(C(=O)N[C@H](CC(C)C)C(=O)O)CCCNC1. The fourth-order valence-electron chi connectivity index (χ4n) is 2.63. The van der Waals surface area contributed by atoms with Crippen LogP contribution in [0.25, 0.3) is 0 Å². The van der Waals surface area contributed by atoms with E-state index in [1.54, 1.807) is 0 Å². The number of aliphatic carboxylic acids is 1. The molecule has 3 N–H and O–H groups in total. The van der Waals surface area contributed by atoms with Gasteiger partial charge in [0.1, 0.15) is 6.04 Å². The Morgan fingerprint density at radius 3 is 2.53 bits per heavy atom. The smallest absolute Gasteiger partial charge is 0.326 e. The van der Waals surface area contributed by atoms with Crippen molar-refractivity contribution in [2.75, 3.05) is 13.1 Å². The standard InChI is InChI=1S/C14H26N2O3/c1-4-14(6-5-7-15-9-14)13(19)16-11(12(17)18)8-10(2)3/h10-11,15H,4-9H2,1-3H3,(H,16,19)(H,17,18)/t11-,14?/m1/s1. The Bertz CT molecular complexity index is 323. The van der Waals surface area contributed by atoms with Crippen LogP contribution in [-0.4, -0.2) is 36.1 Å². The van der Waals surface area contributed by atoms with E-state index in [0.717, 1.165) is 25.8 Å². The number of hydrogen-bond acceptors (Lipinski definition) is 3. The number of nitrogens with one attached hydrogen (secondary N) is 2. The molecule has 0 aromatic heterocycles. The zero-order valence-corrected chi connectivity index (χ0v) is 12.2. The highest BCUT2D eigenvalue weighted by Gasteiger charge is 2.39. The number of carboxylic acids is 1. The van der Waals surface area contributed by atoms with Crippen LogP contribution in [0.2, 0.25) is 0 Å². The summed E-state index contributed by atoms with van der Waals surface area (Å²) in [5.74, 6) is -0.823. The number of rotatable bonds is 6. The lowest BCUT2D eigenvalue weighted by Crippen LogP contribution is -2.54. The highest BCUT2D eigenvalue weighted by atomic mass is 16.4. The predicted octanol–water partition coefficient (Wildman–Crippen LogP) is 1.38. The predicted molar refractivity (Wildman–Crippen MR) is 73.8 cm³/mol. The fraction of sp³-hybridized carbons (Fsp3) is 0.857. The first-order valence-electron chi connectivity index (χ1n) is 7.16. The van der Waals surface area contributed by atoms with Crippen molar-refractivity contribution in [2.45, 2.75) is 52.5 Å². The maximum absolute atomic E-state index is 12.4. The molecule has 1 fully saturated rings. The molecule has 0 radical (unpaired) electrons. The van der Waals surface area contributed by atoms with E-state index in [4.69, 9.17) is 0 Å². The first kappa shape index (κ1) is 16.0. The van der Waals surface area contributed by atoms with Gasteiger partial charge >= 0.3 is 5.97 Å². The molecule has 5 nitrogen and oxygen atoms in total. The molecule has 1 rings (SSSR count). The molecule has 1 aliphatic rings. The molecule has 1 unspecified atom stereocenters. The fourth-order valence-corrected chi connectivity index (χ4v) is 2.63. The molecular formula is C14H26N2O3. The lowest BCUT2D eigenvalue weighted by molar-refractivity contribution is -0.144. The molecule has 1 amide bonds. The Hall–Kier alpha value is -1.10. The molecule has 1 aliphatic heterocycles. The summed E-state index contributed by atoms with van der Waals surface area (Å²) in [6, 6.07) is -0.780. The summed E-state index contributed by atoms with van der Waals surface area (Å²) in [7, 11) is 0. The zero-order chi connectivity index (χ0) is 14.5. The van der Waals surface area contributed by atoms with E-state index < -0.39 is 17.4 Å². The molecule has 110 valence electrons. The van der Waals surface area contributed by atoms with Crippen LogP contribution in [0.5, 0.6) is 0 Å². The lowest BCUT2D eigenvalue weighted by Gasteiger charge is -2.36. The third kappa shape index (κ3) is 4.20. The molecule has 5 heteroatoms. The highest BCUT2D eigenvalue weighted by Crippen LogP contribution is 2.30. The van der Waals surface area contributed by atoms with Crippen molar-refractivity contribution in [2.24, 2.45) is 11.3 Å². The topological polar surface area (TPSA) is 78.4 Å². The summed E-state index contributed by atoms with van der Waals surface area (Å²) in [6.07, 6.45) is 2.99. The normalized spacial score (nSPS) is 25.1. The molecule has 0 aromatic rings. The van der Waals surface area contributed by atoms with Gasteiger partial charge in [-0.25, -0.2) is 4.79 Å². The van der Waals surface area contributed by atoms with E-state index in [-0.39, 0.29) is 11.8 Å². The van der Waals surface area contributed by atoms with Gasteiger partial charge < -0.3 is 15.7 Å². The summed E-state index contributed by atoms with van der Waals surface area (Å²) in [5.41, 5.74) is -0.442. The second-order valence-electron chi connectivity index (χ2n) is 5.91. The minimum absolute atomic E-state index is 0.116. The Kier molecular flexibility index (Phi) is 5.79. The summed E-state index contributed by atoms with van der Waals surface area (Å²) >= 11 is 0. The van der Waals surface area contributed by atoms with Gasteiger partial charge in [0.25, 0.3) is 0 Å². The van der Waals surface area contributed by atoms with Crippen LogP contribution in [0.4, 0.5) is 0 Å².